The van der Waals surface area contributed by atoms with Crippen LogP contribution in [0.4, 0.5) is 17.1 Å². The Labute approximate surface area is 257 Å². The number of rotatable bonds is 10. The zero-order chi connectivity index (χ0) is 29.2. The highest BCUT2D eigenvalue weighted by Crippen LogP contribution is 2.37. The van der Waals surface area contributed by atoms with Gasteiger partial charge in [-0.3, -0.25) is 0 Å². The minimum atomic E-state index is 0.184. The Morgan fingerprint density at radius 2 is 1.09 bits per heavy atom. The summed E-state index contributed by atoms with van der Waals surface area (Å²) in [5.74, 6) is 0. The SMILES string of the molecule is Cc1ccc2c(c1)B(c1ccccc1)c1cccc3c1N2c1ccc(CCCCCCCCO)cc1B3c1ccccc1. The van der Waals surface area contributed by atoms with Gasteiger partial charge in [0.1, 0.15) is 0 Å². The first-order valence-electron chi connectivity index (χ1n) is 16.1. The van der Waals surface area contributed by atoms with E-state index in [2.05, 4.69) is 127 Å². The molecular weight excluding hydrogens is 520 g/mol. The number of fused-ring (bicyclic) bond motifs is 4. The van der Waals surface area contributed by atoms with Crippen LogP contribution in [0.1, 0.15) is 49.7 Å². The molecule has 0 atom stereocenters. The topological polar surface area (TPSA) is 23.5 Å². The number of aliphatic hydroxyl groups is 1. The molecule has 7 rings (SSSR count). The summed E-state index contributed by atoms with van der Waals surface area (Å²) in [5, 5.41) is 9.06. The largest absolute Gasteiger partial charge is 0.396 e. The summed E-state index contributed by atoms with van der Waals surface area (Å²) in [7, 11) is 0. The Kier molecular flexibility index (Phi) is 7.96. The minimum absolute atomic E-state index is 0.184. The van der Waals surface area contributed by atoms with Crippen LogP contribution in [-0.4, -0.2) is 25.1 Å². The fourth-order valence-corrected chi connectivity index (χ4v) is 7.47. The van der Waals surface area contributed by atoms with Crippen molar-refractivity contribution in [2.45, 2.75) is 51.9 Å². The Balaban J connectivity index is 1.35. The summed E-state index contributed by atoms with van der Waals surface area (Å²) in [6, 6.07) is 43.4. The van der Waals surface area contributed by atoms with Crippen LogP contribution in [0, 0.1) is 6.92 Å². The standard InChI is InChI=1S/C39H39B2NO/c1-29-22-24-37-35(27-29)40(31-16-9-6-10-17-31)33-20-14-21-34-39(33)42(37)38-25-23-30(15-8-4-2-3-5-13-26-43)28-36(38)41(34)32-18-11-7-12-19-32/h6-7,9-12,14,16-25,27-28,43H,2-5,8,13,15,26H2,1H3. The van der Waals surface area contributed by atoms with E-state index in [4.69, 9.17) is 5.11 Å². The van der Waals surface area contributed by atoms with Crippen molar-refractivity contribution in [1.29, 1.82) is 0 Å². The van der Waals surface area contributed by atoms with E-state index in [-0.39, 0.29) is 13.4 Å². The van der Waals surface area contributed by atoms with Crippen molar-refractivity contribution in [3.63, 3.8) is 0 Å². The molecule has 0 aromatic heterocycles. The fourth-order valence-electron chi connectivity index (χ4n) is 7.47. The zero-order valence-corrected chi connectivity index (χ0v) is 25.2. The summed E-state index contributed by atoms with van der Waals surface area (Å²) in [6.45, 7) is 2.90. The van der Waals surface area contributed by atoms with Crippen LogP contribution in [0.5, 0.6) is 0 Å². The maximum atomic E-state index is 9.06. The summed E-state index contributed by atoms with van der Waals surface area (Å²) in [5.41, 5.74) is 14.9. The number of anilines is 3. The number of para-hydroxylation sites is 1. The normalized spacial score (nSPS) is 13.0. The van der Waals surface area contributed by atoms with Crippen molar-refractivity contribution in [2.24, 2.45) is 0 Å². The van der Waals surface area contributed by atoms with Gasteiger partial charge < -0.3 is 10.0 Å². The van der Waals surface area contributed by atoms with E-state index in [1.165, 1.54) is 86.6 Å². The Bertz CT molecular complexity index is 1720. The minimum Gasteiger partial charge on any atom is -0.396 e. The first-order valence-corrected chi connectivity index (χ1v) is 16.1. The van der Waals surface area contributed by atoms with Crippen LogP contribution in [-0.2, 0) is 6.42 Å². The molecule has 0 saturated carbocycles. The molecule has 2 heterocycles. The number of benzene rings is 5. The maximum absolute atomic E-state index is 9.06. The number of nitrogens with zero attached hydrogens (tertiary/aromatic N) is 1. The molecule has 5 aromatic carbocycles. The lowest BCUT2D eigenvalue weighted by Gasteiger charge is -2.44. The molecule has 0 spiro atoms. The highest BCUT2D eigenvalue weighted by molar-refractivity contribution is 7.02. The molecule has 2 nitrogen and oxygen atoms in total. The van der Waals surface area contributed by atoms with E-state index < -0.39 is 0 Å². The van der Waals surface area contributed by atoms with Gasteiger partial charge >= 0.3 is 0 Å². The van der Waals surface area contributed by atoms with E-state index >= 15 is 0 Å². The van der Waals surface area contributed by atoms with Gasteiger partial charge in [-0.15, -0.1) is 0 Å². The zero-order valence-electron chi connectivity index (χ0n) is 25.2. The molecule has 4 heteroatoms. The lowest BCUT2D eigenvalue weighted by molar-refractivity contribution is 0.282. The van der Waals surface area contributed by atoms with Crippen LogP contribution in [0.3, 0.4) is 0 Å². The number of aliphatic hydroxyl groups excluding tert-OH is 1. The van der Waals surface area contributed by atoms with Gasteiger partial charge in [-0.25, -0.2) is 0 Å². The van der Waals surface area contributed by atoms with Gasteiger partial charge in [-0.1, -0.05) is 145 Å². The van der Waals surface area contributed by atoms with Gasteiger partial charge in [0.2, 0.25) is 13.4 Å². The Hall–Kier alpha value is -4.01. The fraction of sp³-hybridized carbons (Fsp3) is 0.231. The van der Waals surface area contributed by atoms with Crippen LogP contribution in [0.15, 0.2) is 115 Å². The molecule has 0 fully saturated rings. The third kappa shape index (κ3) is 5.23. The van der Waals surface area contributed by atoms with Crippen molar-refractivity contribution >= 4 is 63.3 Å². The van der Waals surface area contributed by atoms with E-state index in [0.717, 1.165) is 19.3 Å². The maximum Gasteiger partial charge on any atom is 0.246 e. The second-order valence-corrected chi connectivity index (χ2v) is 12.4. The summed E-state index contributed by atoms with van der Waals surface area (Å²) >= 11 is 0. The third-order valence-corrected chi connectivity index (χ3v) is 9.46. The van der Waals surface area contributed by atoms with Gasteiger partial charge in [-0.05, 0) is 65.7 Å². The van der Waals surface area contributed by atoms with Crippen LogP contribution < -0.4 is 37.7 Å². The van der Waals surface area contributed by atoms with E-state index in [1.54, 1.807) is 0 Å². The smallest absolute Gasteiger partial charge is 0.246 e. The lowest BCUT2D eigenvalue weighted by Crippen LogP contribution is -2.65. The summed E-state index contributed by atoms with van der Waals surface area (Å²) < 4.78 is 0. The third-order valence-electron chi connectivity index (χ3n) is 9.46. The number of unbranched alkanes of at least 4 members (excludes halogenated alkanes) is 5. The molecule has 2 aliphatic heterocycles. The van der Waals surface area contributed by atoms with Crippen LogP contribution in [0.2, 0.25) is 0 Å². The Morgan fingerprint density at radius 3 is 1.72 bits per heavy atom. The molecule has 0 aliphatic carbocycles. The highest BCUT2D eigenvalue weighted by Gasteiger charge is 2.43. The number of aryl methyl sites for hydroxylation is 2. The molecule has 0 unspecified atom stereocenters. The van der Waals surface area contributed by atoms with Gasteiger partial charge in [0, 0.05) is 23.7 Å². The van der Waals surface area contributed by atoms with Crippen LogP contribution in [0.25, 0.3) is 0 Å². The first-order chi connectivity index (χ1) is 21.2. The predicted octanol–water partition coefficient (Wildman–Crippen LogP) is 5.00. The average Bonchev–Trinajstić information content (AvgIpc) is 3.05. The number of hydrogen-bond donors (Lipinski definition) is 1. The molecule has 0 bridgehead atoms. The molecule has 0 amide bonds. The van der Waals surface area contributed by atoms with Crippen molar-refractivity contribution in [3.05, 3.63) is 126 Å². The average molecular weight is 559 g/mol. The Morgan fingerprint density at radius 1 is 0.535 bits per heavy atom. The molecule has 43 heavy (non-hydrogen) atoms. The highest BCUT2D eigenvalue weighted by atomic mass is 16.2. The molecule has 5 aromatic rings. The second-order valence-electron chi connectivity index (χ2n) is 12.4. The summed E-state index contributed by atoms with van der Waals surface area (Å²) in [4.78, 5) is 2.57. The molecule has 2 aliphatic rings. The van der Waals surface area contributed by atoms with E-state index in [1.807, 2.05) is 0 Å². The van der Waals surface area contributed by atoms with Crippen LogP contribution >= 0.6 is 0 Å². The second kappa shape index (κ2) is 12.3. The number of hydrogen-bond acceptors (Lipinski definition) is 2. The van der Waals surface area contributed by atoms with Crippen molar-refractivity contribution < 1.29 is 5.11 Å². The molecule has 0 radical (unpaired) electrons. The monoisotopic (exact) mass is 559 g/mol. The molecular formula is C39H39B2NO. The van der Waals surface area contributed by atoms with Crippen molar-refractivity contribution in [2.75, 3.05) is 11.5 Å². The molecule has 212 valence electrons. The van der Waals surface area contributed by atoms with Crippen molar-refractivity contribution in [1.82, 2.24) is 0 Å². The summed E-state index contributed by atoms with van der Waals surface area (Å²) in [6.07, 6.45) is 8.10. The van der Waals surface area contributed by atoms with Gasteiger partial charge in [0.15, 0.2) is 0 Å². The van der Waals surface area contributed by atoms with Crippen molar-refractivity contribution in [3.8, 4) is 0 Å². The first kappa shape index (κ1) is 27.8. The lowest BCUT2D eigenvalue weighted by atomic mass is 9.30. The van der Waals surface area contributed by atoms with Gasteiger partial charge in [0.25, 0.3) is 0 Å². The predicted molar refractivity (Wildman–Crippen MR) is 187 cm³/mol. The molecule has 0 saturated heterocycles. The molecule has 1 N–H and O–H groups in total. The van der Waals surface area contributed by atoms with E-state index in [9.17, 15) is 0 Å². The van der Waals surface area contributed by atoms with E-state index in [0.29, 0.717) is 6.61 Å². The van der Waals surface area contributed by atoms with Gasteiger partial charge in [-0.2, -0.15) is 0 Å². The quantitative estimate of drug-likeness (QED) is 0.189. The van der Waals surface area contributed by atoms with Gasteiger partial charge in [0.05, 0.1) is 0 Å².